The van der Waals surface area contributed by atoms with Gasteiger partial charge in [-0.1, -0.05) is 20.8 Å². The van der Waals surface area contributed by atoms with Crippen LogP contribution in [0.4, 0.5) is 0 Å². The number of pyridine rings is 1. The van der Waals surface area contributed by atoms with Gasteiger partial charge >= 0.3 is 0 Å². The Balaban J connectivity index is 3.10. The minimum atomic E-state index is 0.0754. The number of nitrogens with zero attached hydrogens (tertiary/aromatic N) is 1. The van der Waals surface area contributed by atoms with Crippen LogP contribution in [0, 0.1) is 12.3 Å². The molecular formula is C15H26N2O. The molecule has 3 nitrogen and oxygen atoms in total. The second-order valence-electron chi connectivity index (χ2n) is 5.74. The average Bonchev–Trinajstić information content (AvgIpc) is 2.30. The van der Waals surface area contributed by atoms with Crippen molar-refractivity contribution in [1.82, 2.24) is 10.3 Å². The Hall–Kier alpha value is -0.930. The van der Waals surface area contributed by atoms with Gasteiger partial charge in [0.05, 0.1) is 12.1 Å². The molecule has 0 amide bonds. The van der Waals surface area contributed by atoms with E-state index in [9.17, 15) is 0 Å². The van der Waals surface area contributed by atoms with Crippen LogP contribution in [0.3, 0.4) is 0 Å². The molecule has 0 spiro atoms. The fraction of sp³-hybridized carbons (Fsp3) is 0.667. The SMILES string of the molecule is CCOC(C(NC)c1cnccc1C)C(C)(C)C. The Morgan fingerprint density at radius 1 is 1.39 bits per heavy atom. The third kappa shape index (κ3) is 3.53. The number of hydrogen-bond donors (Lipinski definition) is 1. The van der Waals surface area contributed by atoms with E-state index in [0.717, 1.165) is 6.61 Å². The lowest BCUT2D eigenvalue weighted by molar-refractivity contribution is -0.0352. The van der Waals surface area contributed by atoms with E-state index in [0.29, 0.717) is 0 Å². The van der Waals surface area contributed by atoms with Crippen molar-refractivity contribution in [3.8, 4) is 0 Å². The molecule has 0 bridgehead atoms. The first-order chi connectivity index (χ1) is 8.41. The first-order valence-corrected chi connectivity index (χ1v) is 6.61. The van der Waals surface area contributed by atoms with Crippen molar-refractivity contribution in [3.63, 3.8) is 0 Å². The smallest absolute Gasteiger partial charge is 0.0818 e. The van der Waals surface area contributed by atoms with Crippen LogP contribution in [0.5, 0.6) is 0 Å². The second-order valence-corrected chi connectivity index (χ2v) is 5.74. The van der Waals surface area contributed by atoms with E-state index in [4.69, 9.17) is 4.74 Å². The van der Waals surface area contributed by atoms with Crippen molar-refractivity contribution < 1.29 is 4.74 Å². The number of aromatic nitrogens is 1. The summed E-state index contributed by atoms with van der Waals surface area (Å²) in [7, 11) is 1.98. The summed E-state index contributed by atoms with van der Waals surface area (Å²) in [6.45, 7) is 11.5. The molecule has 1 N–H and O–H groups in total. The molecule has 2 unspecified atom stereocenters. The zero-order valence-corrected chi connectivity index (χ0v) is 12.4. The second kappa shape index (κ2) is 6.30. The Bertz CT molecular complexity index is 371. The third-order valence-electron chi connectivity index (χ3n) is 3.23. The molecule has 0 aliphatic rings. The summed E-state index contributed by atoms with van der Waals surface area (Å²) in [6.07, 6.45) is 3.89. The highest BCUT2D eigenvalue weighted by molar-refractivity contribution is 5.26. The van der Waals surface area contributed by atoms with E-state index in [2.05, 4.69) is 38.0 Å². The van der Waals surface area contributed by atoms with E-state index in [1.165, 1.54) is 11.1 Å². The summed E-state index contributed by atoms with van der Waals surface area (Å²) in [5, 5.41) is 3.39. The molecule has 0 aromatic carbocycles. The molecule has 2 atom stereocenters. The van der Waals surface area contributed by atoms with E-state index in [-0.39, 0.29) is 17.6 Å². The molecular weight excluding hydrogens is 224 g/mol. The van der Waals surface area contributed by atoms with Crippen LogP contribution >= 0.6 is 0 Å². The lowest BCUT2D eigenvalue weighted by atomic mass is 9.81. The standard InChI is InChI=1S/C15H26N2O/c1-7-18-14(15(3,4)5)13(16-6)12-10-17-9-8-11(12)2/h8-10,13-14,16H,7H2,1-6H3. The molecule has 0 aliphatic carbocycles. The number of aryl methyl sites for hydroxylation is 1. The topological polar surface area (TPSA) is 34.1 Å². The minimum absolute atomic E-state index is 0.0754. The van der Waals surface area contributed by atoms with Gasteiger partial charge in [-0.15, -0.1) is 0 Å². The Kier molecular flexibility index (Phi) is 5.29. The zero-order valence-electron chi connectivity index (χ0n) is 12.4. The number of hydrogen-bond acceptors (Lipinski definition) is 3. The molecule has 0 saturated carbocycles. The van der Waals surface area contributed by atoms with Gasteiger partial charge in [0.1, 0.15) is 0 Å². The molecule has 18 heavy (non-hydrogen) atoms. The molecule has 1 heterocycles. The molecule has 0 fully saturated rings. The van der Waals surface area contributed by atoms with Crippen LogP contribution < -0.4 is 5.32 Å². The summed E-state index contributed by atoms with van der Waals surface area (Å²) >= 11 is 0. The Labute approximate surface area is 111 Å². The van der Waals surface area contributed by atoms with Gasteiger partial charge in [-0.05, 0) is 43.5 Å². The summed E-state index contributed by atoms with van der Waals surface area (Å²) in [5.74, 6) is 0. The highest BCUT2D eigenvalue weighted by atomic mass is 16.5. The summed E-state index contributed by atoms with van der Waals surface area (Å²) in [6, 6.07) is 2.21. The van der Waals surface area contributed by atoms with Crippen LogP contribution in [0.15, 0.2) is 18.5 Å². The first kappa shape index (κ1) is 15.1. The number of rotatable bonds is 5. The normalized spacial score (nSPS) is 15.4. The maximum absolute atomic E-state index is 5.98. The van der Waals surface area contributed by atoms with Crippen LogP contribution in [-0.2, 0) is 4.74 Å². The van der Waals surface area contributed by atoms with Gasteiger partial charge in [-0.2, -0.15) is 0 Å². The fourth-order valence-electron chi connectivity index (χ4n) is 2.30. The maximum atomic E-state index is 5.98. The van der Waals surface area contributed by atoms with E-state index >= 15 is 0 Å². The third-order valence-corrected chi connectivity index (χ3v) is 3.23. The molecule has 0 radical (unpaired) electrons. The lowest BCUT2D eigenvalue weighted by Gasteiger charge is -2.37. The molecule has 102 valence electrons. The van der Waals surface area contributed by atoms with E-state index < -0.39 is 0 Å². The zero-order chi connectivity index (χ0) is 13.8. The predicted molar refractivity (Wildman–Crippen MR) is 75.6 cm³/mol. The minimum Gasteiger partial charge on any atom is -0.376 e. The molecule has 1 aromatic heterocycles. The van der Waals surface area contributed by atoms with E-state index in [1.54, 1.807) is 0 Å². The summed E-state index contributed by atoms with van der Waals surface area (Å²) in [4.78, 5) is 4.24. The highest BCUT2D eigenvalue weighted by Crippen LogP contribution is 2.33. The molecule has 0 aliphatic heterocycles. The summed E-state index contributed by atoms with van der Waals surface area (Å²) in [5.41, 5.74) is 2.54. The van der Waals surface area contributed by atoms with Gasteiger partial charge in [0, 0.05) is 19.0 Å². The molecule has 1 rings (SSSR count). The fourth-order valence-corrected chi connectivity index (χ4v) is 2.30. The van der Waals surface area contributed by atoms with Crippen LogP contribution in [0.1, 0.15) is 44.9 Å². The average molecular weight is 250 g/mol. The van der Waals surface area contributed by atoms with Crippen LogP contribution in [-0.4, -0.2) is 24.7 Å². The monoisotopic (exact) mass is 250 g/mol. The molecule has 3 heteroatoms. The van der Waals surface area contributed by atoms with Gasteiger partial charge in [0.2, 0.25) is 0 Å². The number of likely N-dealkylation sites (N-methyl/N-ethyl adjacent to an activating group) is 1. The van der Waals surface area contributed by atoms with Crippen molar-refractivity contribution in [1.29, 1.82) is 0 Å². The van der Waals surface area contributed by atoms with Gasteiger partial charge < -0.3 is 10.1 Å². The lowest BCUT2D eigenvalue weighted by Crippen LogP contribution is -2.41. The highest BCUT2D eigenvalue weighted by Gasteiger charge is 2.33. The van der Waals surface area contributed by atoms with Crippen LogP contribution in [0.25, 0.3) is 0 Å². The van der Waals surface area contributed by atoms with Gasteiger partial charge in [0.25, 0.3) is 0 Å². The van der Waals surface area contributed by atoms with Gasteiger partial charge in [0.15, 0.2) is 0 Å². The largest absolute Gasteiger partial charge is 0.376 e. The van der Waals surface area contributed by atoms with Crippen molar-refractivity contribution in [3.05, 3.63) is 29.6 Å². The van der Waals surface area contributed by atoms with Gasteiger partial charge in [-0.25, -0.2) is 0 Å². The van der Waals surface area contributed by atoms with Crippen molar-refractivity contribution in [2.45, 2.75) is 46.8 Å². The number of nitrogens with one attached hydrogen (secondary N) is 1. The van der Waals surface area contributed by atoms with Crippen LogP contribution in [0.2, 0.25) is 0 Å². The number of ether oxygens (including phenoxy) is 1. The van der Waals surface area contributed by atoms with E-state index in [1.807, 2.05) is 32.4 Å². The first-order valence-electron chi connectivity index (χ1n) is 6.61. The van der Waals surface area contributed by atoms with Gasteiger partial charge in [-0.3, -0.25) is 4.98 Å². The molecule has 1 aromatic rings. The maximum Gasteiger partial charge on any atom is 0.0818 e. The van der Waals surface area contributed by atoms with Crippen molar-refractivity contribution in [2.24, 2.45) is 5.41 Å². The predicted octanol–water partition coefficient (Wildman–Crippen LogP) is 3.10. The quantitative estimate of drug-likeness (QED) is 0.872. The van der Waals surface area contributed by atoms with Crippen molar-refractivity contribution in [2.75, 3.05) is 13.7 Å². The Morgan fingerprint density at radius 2 is 2.06 bits per heavy atom. The summed E-state index contributed by atoms with van der Waals surface area (Å²) < 4.78 is 5.98. The Morgan fingerprint density at radius 3 is 2.50 bits per heavy atom. The van der Waals surface area contributed by atoms with Crippen molar-refractivity contribution >= 4 is 0 Å². The molecule has 0 saturated heterocycles.